The quantitative estimate of drug-likeness (QED) is 0.907. The molecule has 0 aliphatic heterocycles. The average molecular weight is 279 g/mol. The first-order valence-corrected chi connectivity index (χ1v) is 6.21. The van der Waals surface area contributed by atoms with Crippen molar-refractivity contribution in [1.29, 1.82) is 0 Å². The smallest absolute Gasteiger partial charge is 0.319 e. The predicted molar refractivity (Wildman–Crippen MR) is 75.3 cm³/mol. The monoisotopic (exact) mass is 278 g/mol. The van der Waals surface area contributed by atoms with E-state index in [0.29, 0.717) is 12.2 Å². The van der Waals surface area contributed by atoms with Crippen LogP contribution < -0.4 is 10.6 Å². The molecule has 2 amide bonds. The van der Waals surface area contributed by atoms with Gasteiger partial charge in [-0.1, -0.05) is 23.7 Å². The van der Waals surface area contributed by atoms with E-state index in [2.05, 4.69) is 15.7 Å². The summed E-state index contributed by atoms with van der Waals surface area (Å²) >= 11 is 5.94. The van der Waals surface area contributed by atoms with E-state index in [1.165, 1.54) is 0 Å². The number of anilines is 1. The second-order valence-electron chi connectivity index (χ2n) is 4.29. The van der Waals surface area contributed by atoms with E-state index >= 15 is 0 Å². The van der Waals surface area contributed by atoms with E-state index in [0.717, 1.165) is 16.1 Å². The van der Waals surface area contributed by atoms with Crippen molar-refractivity contribution in [2.45, 2.75) is 13.5 Å². The largest absolute Gasteiger partial charge is 0.334 e. The molecule has 6 heteroatoms. The number of amides is 2. The molecule has 0 fully saturated rings. The first-order chi connectivity index (χ1) is 9.04. The van der Waals surface area contributed by atoms with Crippen LogP contribution in [0.5, 0.6) is 0 Å². The molecular formula is C13H15ClN4O. The van der Waals surface area contributed by atoms with Gasteiger partial charge in [-0.3, -0.25) is 4.68 Å². The topological polar surface area (TPSA) is 59.0 Å². The van der Waals surface area contributed by atoms with Gasteiger partial charge in [-0.05, 0) is 24.1 Å². The summed E-state index contributed by atoms with van der Waals surface area (Å²) in [6, 6.07) is 5.40. The van der Waals surface area contributed by atoms with Gasteiger partial charge in [0, 0.05) is 24.8 Å². The molecule has 2 aromatic rings. The van der Waals surface area contributed by atoms with Gasteiger partial charge in [0.2, 0.25) is 0 Å². The zero-order chi connectivity index (χ0) is 13.8. The van der Waals surface area contributed by atoms with Crippen LogP contribution >= 0.6 is 11.6 Å². The third kappa shape index (κ3) is 3.72. The van der Waals surface area contributed by atoms with Crippen LogP contribution in [0.15, 0.2) is 30.6 Å². The summed E-state index contributed by atoms with van der Waals surface area (Å²) < 4.78 is 1.62. The first-order valence-electron chi connectivity index (χ1n) is 5.83. The molecule has 0 saturated carbocycles. The summed E-state index contributed by atoms with van der Waals surface area (Å²) in [6.07, 6.45) is 3.32. The molecule has 2 N–H and O–H groups in total. The fraction of sp³-hybridized carbons (Fsp3) is 0.231. The predicted octanol–water partition coefficient (Wildman–Crippen LogP) is 2.70. The minimum Gasteiger partial charge on any atom is -0.334 e. The Morgan fingerprint density at radius 1 is 1.47 bits per heavy atom. The van der Waals surface area contributed by atoms with E-state index in [4.69, 9.17) is 11.6 Å². The van der Waals surface area contributed by atoms with Gasteiger partial charge in [0.05, 0.1) is 11.9 Å². The Bertz CT molecular complexity index is 594. The molecule has 19 heavy (non-hydrogen) atoms. The lowest BCUT2D eigenvalue weighted by molar-refractivity contribution is 0.251. The number of aromatic nitrogens is 2. The van der Waals surface area contributed by atoms with Crippen LogP contribution in [0.3, 0.4) is 0 Å². The van der Waals surface area contributed by atoms with E-state index in [-0.39, 0.29) is 6.03 Å². The number of carbonyl (C=O) groups excluding carboxylic acids is 1. The summed E-state index contributed by atoms with van der Waals surface area (Å²) in [4.78, 5) is 11.7. The summed E-state index contributed by atoms with van der Waals surface area (Å²) in [5.74, 6) is 0. The van der Waals surface area contributed by atoms with Crippen molar-refractivity contribution in [3.05, 3.63) is 46.7 Å². The van der Waals surface area contributed by atoms with Gasteiger partial charge in [-0.2, -0.15) is 5.10 Å². The first kappa shape index (κ1) is 13.4. The maximum Gasteiger partial charge on any atom is 0.319 e. The zero-order valence-corrected chi connectivity index (χ0v) is 11.5. The van der Waals surface area contributed by atoms with Crippen molar-refractivity contribution in [3.63, 3.8) is 0 Å². The number of nitrogens with one attached hydrogen (secondary N) is 2. The second-order valence-corrected chi connectivity index (χ2v) is 4.70. The molecule has 0 saturated heterocycles. The maximum atomic E-state index is 11.7. The molecule has 0 aliphatic carbocycles. The molecule has 0 bridgehead atoms. The number of benzene rings is 1. The number of hydrogen-bond acceptors (Lipinski definition) is 2. The lowest BCUT2D eigenvalue weighted by Gasteiger charge is -2.07. The molecule has 0 atom stereocenters. The molecule has 100 valence electrons. The number of urea groups is 1. The lowest BCUT2D eigenvalue weighted by Crippen LogP contribution is -2.28. The molecule has 1 aromatic heterocycles. The van der Waals surface area contributed by atoms with E-state index in [9.17, 15) is 4.79 Å². The number of nitrogens with zero attached hydrogens (tertiary/aromatic N) is 2. The van der Waals surface area contributed by atoms with Crippen LogP contribution in [-0.2, 0) is 13.6 Å². The van der Waals surface area contributed by atoms with Gasteiger partial charge in [-0.15, -0.1) is 0 Å². The Kier molecular flexibility index (Phi) is 4.06. The fourth-order valence-electron chi connectivity index (χ4n) is 1.66. The Morgan fingerprint density at radius 2 is 2.26 bits per heavy atom. The highest BCUT2D eigenvalue weighted by Gasteiger charge is 2.04. The van der Waals surface area contributed by atoms with Crippen molar-refractivity contribution in [2.75, 3.05) is 5.32 Å². The fourth-order valence-corrected chi connectivity index (χ4v) is 1.78. The van der Waals surface area contributed by atoms with E-state index < -0.39 is 0 Å². The summed E-state index contributed by atoms with van der Waals surface area (Å²) in [5, 5.41) is 10.2. The van der Waals surface area contributed by atoms with Crippen LogP contribution in [0.25, 0.3) is 0 Å². The average Bonchev–Trinajstić information content (AvgIpc) is 2.76. The van der Waals surface area contributed by atoms with Crippen LogP contribution in [0, 0.1) is 6.92 Å². The Balaban J connectivity index is 1.88. The number of halogens is 1. The maximum absolute atomic E-state index is 11.7. The summed E-state index contributed by atoms with van der Waals surface area (Å²) in [7, 11) is 1.79. The standard InChI is InChI=1S/C13H15ClN4O/c1-9-5-10(3-4-12(9)14)6-15-13(19)17-11-7-16-18(2)8-11/h3-5,7-8H,6H2,1-2H3,(H2,15,17,19). The molecular weight excluding hydrogens is 264 g/mol. The second kappa shape index (κ2) is 5.75. The van der Waals surface area contributed by atoms with Gasteiger partial charge in [-0.25, -0.2) is 4.79 Å². The van der Waals surface area contributed by atoms with Crippen molar-refractivity contribution in [2.24, 2.45) is 7.05 Å². The van der Waals surface area contributed by atoms with Crippen LogP contribution in [0.4, 0.5) is 10.5 Å². The molecule has 1 aromatic carbocycles. The molecule has 5 nitrogen and oxygen atoms in total. The molecule has 1 heterocycles. The number of rotatable bonds is 3. The van der Waals surface area contributed by atoms with Gasteiger partial charge >= 0.3 is 6.03 Å². The van der Waals surface area contributed by atoms with E-state index in [1.807, 2.05) is 25.1 Å². The third-order valence-electron chi connectivity index (χ3n) is 2.64. The highest BCUT2D eigenvalue weighted by molar-refractivity contribution is 6.31. The van der Waals surface area contributed by atoms with Gasteiger partial charge < -0.3 is 10.6 Å². The van der Waals surface area contributed by atoms with Crippen LogP contribution in [0.2, 0.25) is 5.02 Å². The minimum absolute atomic E-state index is 0.263. The van der Waals surface area contributed by atoms with Crippen LogP contribution in [0.1, 0.15) is 11.1 Å². The third-order valence-corrected chi connectivity index (χ3v) is 3.06. The van der Waals surface area contributed by atoms with Crippen molar-refractivity contribution < 1.29 is 4.79 Å². The molecule has 0 aliphatic rings. The molecule has 0 unspecified atom stereocenters. The highest BCUT2D eigenvalue weighted by Crippen LogP contribution is 2.16. The Hall–Kier alpha value is -2.01. The summed E-state index contributed by atoms with van der Waals surface area (Å²) in [5.41, 5.74) is 2.66. The highest BCUT2D eigenvalue weighted by atomic mass is 35.5. The number of hydrogen-bond donors (Lipinski definition) is 2. The number of carbonyl (C=O) groups is 1. The lowest BCUT2D eigenvalue weighted by atomic mass is 10.1. The van der Waals surface area contributed by atoms with Gasteiger partial charge in [0.15, 0.2) is 0 Å². The molecule has 0 spiro atoms. The normalized spacial score (nSPS) is 10.3. The van der Waals surface area contributed by atoms with Crippen molar-refractivity contribution in [3.8, 4) is 0 Å². The molecule has 0 radical (unpaired) electrons. The van der Waals surface area contributed by atoms with Gasteiger partial charge in [0.1, 0.15) is 0 Å². The summed E-state index contributed by atoms with van der Waals surface area (Å²) in [6.45, 7) is 2.38. The van der Waals surface area contributed by atoms with E-state index in [1.54, 1.807) is 24.1 Å². The van der Waals surface area contributed by atoms with Gasteiger partial charge in [0.25, 0.3) is 0 Å². The Labute approximate surface area is 116 Å². The van der Waals surface area contributed by atoms with Crippen molar-refractivity contribution in [1.82, 2.24) is 15.1 Å². The molecule has 2 rings (SSSR count). The minimum atomic E-state index is -0.263. The number of aryl methyl sites for hydroxylation is 2. The SMILES string of the molecule is Cc1cc(CNC(=O)Nc2cnn(C)c2)ccc1Cl. The van der Waals surface area contributed by atoms with Crippen molar-refractivity contribution >= 4 is 23.3 Å². The Morgan fingerprint density at radius 3 is 2.89 bits per heavy atom. The zero-order valence-electron chi connectivity index (χ0n) is 10.8. The van der Waals surface area contributed by atoms with Crippen LogP contribution in [-0.4, -0.2) is 15.8 Å².